The Hall–Kier alpha value is -0.970. The zero-order valence-electron chi connectivity index (χ0n) is 11.0. The van der Waals surface area contributed by atoms with Crippen molar-refractivity contribution in [3.05, 3.63) is 35.1 Å². The number of hydrogen-bond donors (Lipinski definition) is 2. The number of benzene rings is 1. The van der Waals surface area contributed by atoms with E-state index < -0.39 is 0 Å². The van der Waals surface area contributed by atoms with Crippen LogP contribution < -0.4 is 11.2 Å². The van der Waals surface area contributed by atoms with E-state index in [1.165, 1.54) is 25.3 Å². The molecule has 1 heterocycles. The second kappa shape index (κ2) is 6.27. The van der Waals surface area contributed by atoms with Gasteiger partial charge in [-0.2, -0.15) is 0 Å². The maximum absolute atomic E-state index is 13.8. The molecule has 1 aromatic carbocycles. The summed E-state index contributed by atoms with van der Waals surface area (Å²) in [5, 5.41) is 2.17. The topological polar surface area (TPSA) is 41.3 Å². The Kier molecular flexibility index (Phi) is 4.69. The molecule has 0 spiro atoms. The summed E-state index contributed by atoms with van der Waals surface area (Å²) in [4.78, 5) is 0. The number of nitrogens with zero attached hydrogens (tertiary/aromatic N) is 1. The number of halogens is 1. The summed E-state index contributed by atoms with van der Waals surface area (Å²) < 4.78 is 13.8. The molecule has 1 unspecified atom stereocenters. The van der Waals surface area contributed by atoms with E-state index in [2.05, 4.69) is 10.4 Å². The first-order chi connectivity index (χ1) is 8.70. The Morgan fingerprint density at radius 3 is 2.72 bits per heavy atom. The molecule has 4 heteroatoms. The van der Waals surface area contributed by atoms with Crippen molar-refractivity contribution in [3.8, 4) is 0 Å². The van der Waals surface area contributed by atoms with Crippen LogP contribution in [-0.4, -0.2) is 24.6 Å². The number of hydrazine groups is 1. The lowest BCUT2D eigenvalue weighted by Gasteiger charge is -2.31. The molecule has 1 saturated heterocycles. The van der Waals surface area contributed by atoms with Crippen molar-refractivity contribution in [1.82, 2.24) is 10.4 Å². The molecule has 0 radical (unpaired) electrons. The summed E-state index contributed by atoms with van der Waals surface area (Å²) in [6, 6.07) is 5.05. The van der Waals surface area contributed by atoms with Gasteiger partial charge >= 0.3 is 0 Å². The lowest BCUT2D eigenvalue weighted by Crippen LogP contribution is -2.45. The third-order valence-electron chi connectivity index (χ3n) is 3.46. The van der Waals surface area contributed by atoms with Crippen molar-refractivity contribution in [3.63, 3.8) is 0 Å². The minimum absolute atomic E-state index is 0.136. The fraction of sp³-hybridized carbons (Fsp3) is 0.571. The van der Waals surface area contributed by atoms with Crippen LogP contribution in [-0.2, 0) is 0 Å². The van der Waals surface area contributed by atoms with Crippen LogP contribution in [0.4, 0.5) is 4.39 Å². The van der Waals surface area contributed by atoms with Crippen LogP contribution in [0.2, 0.25) is 0 Å². The van der Waals surface area contributed by atoms with Gasteiger partial charge in [-0.1, -0.05) is 24.1 Å². The molecule has 2 rings (SSSR count). The van der Waals surface area contributed by atoms with Crippen LogP contribution in [0.15, 0.2) is 18.2 Å². The molecule has 0 aromatic heterocycles. The van der Waals surface area contributed by atoms with Gasteiger partial charge in [0.1, 0.15) is 5.82 Å². The number of piperidine rings is 1. The molecule has 100 valence electrons. The molecule has 0 bridgehead atoms. The van der Waals surface area contributed by atoms with Crippen molar-refractivity contribution >= 4 is 0 Å². The van der Waals surface area contributed by atoms with Crippen molar-refractivity contribution in [2.24, 2.45) is 5.73 Å². The smallest absolute Gasteiger partial charge is 0.128 e. The maximum Gasteiger partial charge on any atom is 0.128 e. The number of rotatable bonds is 4. The van der Waals surface area contributed by atoms with E-state index >= 15 is 0 Å². The Morgan fingerprint density at radius 1 is 1.33 bits per heavy atom. The molecular weight excluding hydrogens is 229 g/mol. The van der Waals surface area contributed by atoms with Gasteiger partial charge in [-0.25, -0.2) is 14.8 Å². The summed E-state index contributed by atoms with van der Waals surface area (Å²) in [6.45, 7) is 4.40. The van der Waals surface area contributed by atoms with Crippen molar-refractivity contribution in [2.75, 3.05) is 19.6 Å². The van der Waals surface area contributed by atoms with E-state index in [9.17, 15) is 4.39 Å². The molecule has 0 saturated carbocycles. The molecule has 1 fully saturated rings. The van der Waals surface area contributed by atoms with E-state index in [1.807, 2.05) is 13.0 Å². The van der Waals surface area contributed by atoms with Gasteiger partial charge in [0.25, 0.3) is 0 Å². The number of hydrogen-bond acceptors (Lipinski definition) is 3. The fourth-order valence-electron chi connectivity index (χ4n) is 2.42. The third kappa shape index (κ3) is 3.28. The summed E-state index contributed by atoms with van der Waals surface area (Å²) in [7, 11) is 0. The van der Waals surface area contributed by atoms with E-state index in [1.54, 1.807) is 6.07 Å². The third-order valence-corrected chi connectivity index (χ3v) is 3.46. The predicted octanol–water partition coefficient (Wildman–Crippen LogP) is 2.12. The first-order valence-corrected chi connectivity index (χ1v) is 6.68. The first kappa shape index (κ1) is 13.5. The van der Waals surface area contributed by atoms with Crippen LogP contribution in [0, 0.1) is 12.7 Å². The van der Waals surface area contributed by atoms with E-state index in [-0.39, 0.29) is 11.9 Å². The van der Waals surface area contributed by atoms with Crippen molar-refractivity contribution in [2.45, 2.75) is 32.2 Å². The molecule has 3 nitrogen and oxygen atoms in total. The monoisotopic (exact) mass is 251 g/mol. The van der Waals surface area contributed by atoms with Crippen LogP contribution in [0.1, 0.15) is 36.4 Å². The van der Waals surface area contributed by atoms with Crippen molar-refractivity contribution in [1.29, 1.82) is 0 Å². The fourth-order valence-corrected chi connectivity index (χ4v) is 2.42. The highest BCUT2D eigenvalue weighted by Gasteiger charge is 2.18. The standard InChI is InChI=1S/C14H22FN3/c1-11-5-6-13(15)12(9-11)14(10-16)17-18-7-3-2-4-8-18/h5-6,9,14,17H,2-4,7-8,10,16H2,1H3. The average molecular weight is 251 g/mol. The molecule has 18 heavy (non-hydrogen) atoms. The van der Waals surface area contributed by atoms with Gasteiger partial charge < -0.3 is 5.73 Å². The van der Waals surface area contributed by atoms with Crippen molar-refractivity contribution < 1.29 is 4.39 Å². The Bertz CT molecular complexity index is 389. The lowest BCUT2D eigenvalue weighted by molar-refractivity contribution is 0.129. The Balaban J connectivity index is 2.09. The Labute approximate surface area is 108 Å². The first-order valence-electron chi connectivity index (χ1n) is 6.68. The van der Waals surface area contributed by atoms with Gasteiger partial charge in [0.2, 0.25) is 0 Å². The van der Waals surface area contributed by atoms with Gasteiger partial charge in [0.15, 0.2) is 0 Å². The summed E-state index contributed by atoms with van der Waals surface area (Å²) in [5.74, 6) is -0.180. The quantitative estimate of drug-likeness (QED) is 0.861. The van der Waals surface area contributed by atoms with Crippen LogP contribution in [0.25, 0.3) is 0 Å². The zero-order valence-corrected chi connectivity index (χ0v) is 11.0. The van der Waals surface area contributed by atoms with Crippen LogP contribution >= 0.6 is 0 Å². The van der Waals surface area contributed by atoms with E-state index in [0.717, 1.165) is 18.7 Å². The van der Waals surface area contributed by atoms with Gasteiger partial charge in [-0.05, 0) is 25.8 Å². The molecule has 0 amide bonds. The number of nitrogens with one attached hydrogen (secondary N) is 1. The van der Waals surface area contributed by atoms with Gasteiger partial charge in [0, 0.05) is 25.2 Å². The van der Waals surface area contributed by atoms with Crippen LogP contribution in [0.3, 0.4) is 0 Å². The highest BCUT2D eigenvalue weighted by Crippen LogP contribution is 2.19. The SMILES string of the molecule is Cc1ccc(F)c(C(CN)NN2CCCCC2)c1. The Morgan fingerprint density at radius 2 is 2.06 bits per heavy atom. The van der Waals surface area contributed by atoms with Gasteiger partial charge in [0.05, 0.1) is 6.04 Å². The molecule has 1 atom stereocenters. The average Bonchev–Trinajstić information content (AvgIpc) is 2.40. The molecule has 1 aliphatic heterocycles. The predicted molar refractivity (Wildman–Crippen MR) is 71.5 cm³/mol. The molecule has 3 N–H and O–H groups in total. The van der Waals surface area contributed by atoms with E-state index in [4.69, 9.17) is 5.73 Å². The molecule has 1 aromatic rings. The highest BCUT2D eigenvalue weighted by atomic mass is 19.1. The number of nitrogens with two attached hydrogens (primary N) is 1. The zero-order chi connectivity index (χ0) is 13.0. The van der Waals surface area contributed by atoms with Crippen LogP contribution in [0.5, 0.6) is 0 Å². The largest absolute Gasteiger partial charge is 0.329 e. The second-order valence-corrected chi connectivity index (χ2v) is 4.99. The van der Waals surface area contributed by atoms with Gasteiger partial charge in [-0.15, -0.1) is 0 Å². The highest BCUT2D eigenvalue weighted by molar-refractivity contribution is 5.27. The number of aryl methyl sites for hydroxylation is 1. The maximum atomic E-state index is 13.8. The normalized spacial score (nSPS) is 18.8. The molecular formula is C14H22FN3. The summed E-state index contributed by atoms with van der Waals surface area (Å²) in [6.07, 6.45) is 3.67. The van der Waals surface area contributed by atoms with Gasteiger partial charge in [-0.3, -0.25) is 0 Å². The summed E-state index contributed by atoms with van der Waals surface area (Å²) >= 11 is 0. The minimum atomic E-state index is -0.180. The second-order valence-electron chi connectivity index (χ2n) is 4.99. The van der Waals surface area contributed by atoms with E-state index in [0.29, 0.717) is 12.1 Å². The molecule has 1 aliphatic rings. The summed E-state index contributed by atoms with van der Waals surface area (Å²) in [5.41, 5.74) is 10.9. The lowest BCUT2D eigenvalue weighted by atomic mass is 10.0. The minimum Gasteiger partial charge on any atom is -0.329 e. The molecule has 0 aliphatic carbocycles.